The highest BCUT2D eigenvalue weighted by atomic mass is 16.5. The third-order valence-corrected chi connectivity index (χ3v) is 5.35. The molecule has 2 aromatic rings. The van der Waals surface area contributed by atoms with Gasteiger partial charge in [0.2, 0.25) is 0 Å². The third kappa shape index (κ3) is 4.04. The zero-order valence-electron chi connectivity index (χ0n) is 16.2. The molecule has 1 aromatic heterocycles. The van der Waals surface area contributed by atoms with Crippen LogP contribution in [0.1, 0.15) is 10.4 Å². The van der Waals surface area contributed by atoms with Gasteiger partial charge in [-0.1, -0.05) is 0 Å². The number of morpholine rings is 1. The van der Waals surface area contributed by atoms with Crippen LogP contribution >= 0.6 is 0 Å². The summed E-state index contributed by atoms with van der Waals surface area (Å²) < 4.78 is 10.6. The van der Waals surface area contributed by atoms with Crippen molar-refractivity contribution < 1.29 is 14.3 Å². The Kier molecular flexibility index (Phi) is 5.62. The van der Waals surface area contributed by atoms with Gasteiger partial charge in [-0.3, -0.25) is 9.78 Å². The minimum atomic E-state index is 0.0366. The highest BCUT2D eigenvalue weighted by Gasteiger charge is 2.22. The molecule has 4 rings (SSSR count). The quantitative estimate of drug-likeness (QED) is 0.805. The summed E-state index contributed by atoms with van der Waals surface area (Å²) in [7, 11) is 1.68. The number of amides is 1. The van der Waals surface area contributed by atoms with Crippen molar-refractivity contribution in [3.63, 3.8) is 0 Å². The normalized spacial score (nSPS) is 17.5. The summed E-state index contributed by atoms with van der Waals surface area (Å²) in [5.74, 6) is 0.907. The lowest BCUT2D eigenvalue weighted by molar-refractivity contribution is 0.0302. The Balaban J connectivity index is 1.39. The van der Waals surface area contributed by atoms with E-state index < -0.39 is 0 Å². The summed E-state index contributed by atoms with van der Waals surface area (Å²) >= 11 is 0. The van der Waals surface area contributed by atoms with E-state index in [1.807, 2.05) is 29.3 Å². The molecule has 2 saturated heterocycles. The van der Waals surface area contributed by atoms with Gasteiger partial charge in [0.25, 0.3) is 5.91 Å². The van der Waals surface area contributed by atoms with Gasteiger partial charge < -0.3 is 24.2 Å². The fraction of sp³-hybridized carbons (Fsp3) is 0.429. The van der Waals surface area contributed by atoms with Gasteiger partial charge in [0, 0.05) is 51.2 Å². The minimum absolute atomic E-state index is 0.0366. The first-order valence-electron chi connectivity index (χ1n) is 9.70. The van der Waals surface area contributed by atoms with Crippen LogP contribution < -0.4 is 14.5 Å². The van der Waals surface area contributed by atoms with Crippen LogP contribution in [0.4, 0.5) is 11.4 Å². The van der Waals surface area contributed by atoms with E-state index in [0.29, 0.717) is 31.9 Å². The monoisotopic (exact) mass is 382 g/mol. The van der Waals surface area contributed by atoms with Crippen LogP contribution in [0.3, 0.4) is 0 Å². The lowest BCUT2D eigenvalue weighted by Gasteiger charge is -2.37. The van der Waals surface area contributed by atoms with Crippen LogP contribution in [-0.2, 0) is 4.74 Å². The molecule has 3 heterocycles. The maximum atomic E-state index is 12.7. The maximum Gasteiger partial charge on any atom is 0.255 e. The molecule has 0 radical (unpaired) electrons. The third-order valence-electron chi connectivity index (χ3n) is 5.35. The van der Waals surface area contributed by atoms with Crippen LogP contribution in [0.5, 0.6) is 5.75 Å². The molecule has 7 nitrogen and oxygen atoms in total. The number of nitrogens with zero attached hydrogens (tertiary/aromatic N) is 4. The molecule has 2 aliphatic heterocycles. The van der Waals surface area contributed by atoms with E-state index in [1.165, 1.54) is 5.69 Å². The van der Waals surface area contributed by atoms with E-state index in [0.717, 1.165) is 37.6 Å². The second-order valence-electron chi connectivity index (χ2n) is 7.01. The minimum Gasteiger partial charge on any atom is -0.497 e. The molecule has 0 aliphatic carbocycles. The number of pyridine rings is 1. The van der Waals surface area contributed by atoms with Crippen LogP contribution in [0.25, 0.3) is 0 Å². The number of aromatic nitrogens is 1. The number of carbonyl (C=O) groups excluding carboxylic acids is 1. The van der Waals surface area contributed by atoms with Crippen molar-refractivity contribution in [2.24, 2.45) is 0 Å². The molecule has 0 unspecified atom stereocenters. The summed E-state index contributed by atoms with van der Waals surface area (Å²) in [5, 5.41) is 0. The predicted octanol–water partition coefficient (Wildman–Crippen LogP) is 1.89. The van der Waals surface area contributed by atoms with Crippen LogP contribution in [0.15, 0.2) is 42.7 Å². The molecule has 0 N–H and O–H groups in total. The number of anilines is 2. The highest BCUT2D eigenvalue weighted by molar-refractivity contribution is 5.94. The molecular formula is C21H26N4O3. The van der Waals surface area contributed by atoms with Crippen LogP contribution in [0.2, 0.25) is 0 Å². The van der Waals surface area contributed by atoms with E-state index in [2.05, 4.69) is 26.9 Å². The van der Waals surface area contributed by atoms with Crippen molar-refractivity contribution >= 4 is 17.3 Å². The molecule has 0 saturated carbocycles. The van der Waals surface area contributed by atoms with Crippen molar-refractivity contribution in [3.8, 4) is 5.75 Å². The van der Waals surface area contributed by atoms with E-state index in [-0.39, 0.29) is 5.91 Å². The fourth-order valence-corrected chi connectivity index (χ4v) is 3.68. The maximum absolute atomic E-state index is 12.7. The average molecular weight is 382 g/mol. The van der Waals surface area contributed by atoms with Gasteiger partial charge in [0.1, 0.15) is 5.75 Å². The van der Waals surface area contributed by atoms with Crippen LogP contribution in [-0.4, -0.2) is 75.4 Å². The molecule has 2 aliphatic rings. The summed E-state index contributed by atoms with van der Waals surface area (Å²) in [6, 6.07) is 10.1. The zero-order chi connectivity index (χ0) is 19.3. The van der Waals surface area contributed by atoms with E-state index in [4.69, 9.17) is 9.47 Å². The first-order chi connectivity index (χ1) is 13.7. The Morgan fingerprint density at radius 1 is 0.929 bits per heavy atom. The van der Waals surface area contributed by atoms with Crippen molar-refractivity contribution in [2.45, 2.75) is 0 Å². The Bertz CT molecular complexity index is 798. The predicted molar refractivity (Wildman–Crippen MR) is 108 cm³/mol. The first kappa shape index (κ1) is 18.6. The van der Waals surface area contributed by atoms with Crippen molar-refractivity contribution in [2.75, 3.05) is 69.4 Å². The summed E-state index contributed by atoms with van der Waals surface area (Å²) in [6.07, 6.45) is 3.51. The SMILES string of the molecule is COc1ccc(N2CCN(c3cncc(C(=O)N4CCOCC4)c3)CC2)cc1. The molecular weight excluding hydrogens is 356 g/mol. The molecule has 1 amide bonds. The summed E-state index contributed by atoms with van der Waals surface area (Å²) in [5.41, 5.74) is 2.86. The van der Waals surface area contributed by atoms with Gasteiger partial charge in [-0.15, -0.1) is 0 Å². The average Bonchev–Trinajstić information content (AvgIpc) is 2.79. The number of ether oxygens (including phenoxy) is 2. The van der Waals surface area contributed by atoms with Crippen molar-refractivity contribution in [1.82, 2.24) is 9.88 Å². The molecule has 148 valence electrons. The molecule has 1 aromatic carbocycles. The Hall–Kier alpha value is -2.80. The Morgan fingerprint density at radius 3 is 2.21 bits per heavy atom. The van der Waals surface area contributed by atoms with E-state index in [9.17, 15) is 4.79 Å². The smallest absolute Gasteiger partial charge is 0.255 e. The van der Waals surface area contributed by atoms with Crippen molar-refractivity contribution in [3.05, 3.63) is 48.3 Å². The second kappa shape index (κ2) is 8.48. The van der Waals surface area contributed by atoms with Gasteiger partial charge in [0.05, 0.1) is 37.8 Å². The largest absolute Gasteiger partial charge is 0.497 e. The number of hydrogen-bond donors (Lipinski definition) is 0. The molecule has 28 heavy (non-hydrogen) atoms. The standard InChI is InChI=1S/C21H26N4O3/c1-27-20-4-2-18(3-5-20)23-6-8-24(9-7-23)19-14-17(15-22-16-19)21(26)25-10-12-28-13-11-25/h2-5,14-16H,6-13H2,1H3. The Morgan fingerprint density at radius 2 is 1.57 bits per heavy atom. The summed E-state index contributed by atoms with van der Waals surface area (Å²) in [6.45, 7) is 6.12. The molecule has 0 bridgehead atoms. The van der Waals surface area contributed by atoms with E-state index >= 15 is 0 Å². The number of rotatable bonds is 4. The topological polar surface area (TPSA) is 58.1 Å². The lowest BCUT2D eigenvalue weighted by Crippen LogP contribution is -2.46. The van der Waals surface area contributed by atoms with Crippen LogP contribution in [0, 0.1) is 0 Å². The highest BCUT2D eigenvalue weighted by Crippen LogP contribution is 2.23. The fourth-order valence-electron chi connectivity index (χ4n) is 3.68. The van der Waals surface area contributed by atoms with Gasteiger partial charge in [-0.2, -0.15) is 0 Å². The van der Waals surface area contributed by atoms with E-state index in [1.54, 1.807) is 13.3 Å². The van der Waals surface area contributed by atoms with Gasteiger partial charge in [0.15, 0.2) is 0 Å². The van der Waals surface area contributed by atoms with Gasteiger partial charge in [-0.25, -0.2) is 0 Å². The van der Waals surface area contributed by atoms with Gasteiger partial charge in [-0.05, 0) is 30.3 Å². The number of carbonyl (C=O) groups is 1. The van der Waals surface area contributed by atoms with Gasteiger partial charge >= 0.3 is 0 Å². The molecule has 0 spiro atoms. The molecule has 7 heteroatoms. The number of benzene rings is 1. The molecule has 0 atom stereocenters. The zero-order valence-corrected chi connectivity index (χ0v) is 16.2. The summed E-state index contributed by atoms with van der Waals surface area (Å²) in [4.78, 5) is 23.5. The number of piperazine rings is 1. The lowest BCUT2D eigenvalue weighted by atomic mass is 10.2. The second-order valence-corrected chi connectivity index (χ2v) is 7.01. The Labute approximate surface area is 165 Å². The number of hydrogen-bond acceptors (Lipinski definition) is 6. The van der Waals surface area contributed by atoms with Crippen molar-refractivity contribution in [1.29, 1.82) is 0 Å². The molecule has 2 fully saturated rings. The number of methoxy groups -OCH3 is 1. The first-order valence-corrected chi connectivity index (χ1v) is 9.70.